The van der Waals surface area contributed by atoms with Gasteiger partial charge in [-0.2, -0.15) is 0 Å². The third-order valence-corrected chi connectivity index (χ3v) is 3.01. The molecule has 19 heavy (non-hydrogen) atoms. The topological polar surface area (TPSA) is 69.4 Å². The standard InChI is InChI=1S/C14H15N3O2/c15-7-11-2-1-5-16-14(11)17-8-10-3-4-12-13(6-10)19-9-18-12/h1-6H,7-9,15H2,(H,16,17). The van der Waals surface area contributed by atoms with Gasteiger partial charge in [0.05, 0.1) is 0 Å². The van der Waals surface area contributed by atoms with Crippen molar-refractivity contribution in [3.05, 3.63) is 47.7 Å². The van der Waals surface area contributed by atoms with Crippen molar-refractivity contribution in [2.24, 2.45) is 5.73 Å². The highest BCUT2D eigenvalue weighted by atomic mass is 16.7. The molecule has 0 unspecified atom stereocenters. The van der Waals surface area contributed by atoms with Gasteiger partial charge in [0, 0.05) is 24.8 Å². The minimum atomic E-state index is 0.295. The number of hydrogen-bond donors (Lipinski definition) is 2. The minimum absolute atomic E-state index is 0.295. The van der Waals surface area contributed by atoms with E-state index >= 15 is 0 Å². The number of nitrogens with zero attached hydrogens (tertiary/aromatic N) is 1. The molecule has 0 saturated heterocycles. The summed E-state index contributed by atoms with van der Waals surface area (Å²) < 4.78 is 10.6. The monoisotopic (exact) mass is 257 g/mol. The number of aromatic nitrogens is 1. The highest BCUT2D eigenvalue weighted by molar-refractivity contribution is 5.47. The number of ether oxygens (including phenoxy) is 2. The number of fused-ring (bicyclic) bond motifs is 1. The van der Waals surface area contributed by atoms with Gasteiger partial charge in [0.1, 0.15) is 5.82 Å². The molecule has 1 aromatic carbocycles. The number of nitrogens with two attached hydrogens (primary N) is 1. The maximum absolute atomic E-state index is 5.68. The molecular formula is C14H15N3O2. The molecule has 0 radical (unpaired) electrons. The van der Waals surface area contributed by atoms with E-state index in [2.05, 4.69) is 10.3 Å². The normalized spacial score (nSPS) is 12.5. The maximum atomic E-state index is 5.68. The number of hydrogen-bond acceptors (Lipinski definition) is 5. The van der Waals surface area contributed by atoms with Gasteiger partial charge in [-0.15, -0.1) is 0 Å². The molecule has 0 fully saturated rings. The number of nitrogens with one attached hydrogen (secondary N) is 1. The Kier molecular flexibility index (Phi) is 3.20. The first-order valence-electron chi connectivity index (χ1n) is 6.13. The predicted molar refractivity (Wildman–Crippen MR) is 72.0 cm³/mol. The molecule has 1 aromatic heterocycles. The predicted octanol–water partition coefficient (Wildman–Crippen LogP) is 1.88. The average Bonchev–Trinajstić information content (AvgIpc) is 2.93. The lowest BCUT2D eigenvalue weighted by molar-refractivity contribution is 0.174. The van der Waals surface area contributed by atoms with Crippen molar-refractivity contribution >= 4 is 5.82 Å². The van der Waals surface area contributed by atoms with Crippen LogP contribution in [0.3, 0.4) is 0 Å². The first-order valence-corrected chi connectivity index (χ1v) is 6.13. The summed E-state index contributed by atoms with van der Waals surface area (Å²) in [6, 6.07) is 9.75. The highest BCUT2D eigenvalue weighted by Gasteiger charge is 2.13. The number of pyridine rings is 1. The Morgan fingerprint density at radius 2 is 2.11 bits per heavy atom. The molecule has 98 valence electrons. The van der Waals surface area contributed by atoms with Crippen LogP contribution in [-0.4, -0.2) is 11.8 Å². The van der Waals surface area contributed by atoms with E-state index in [-0.39, 0.29) is 0 Å². The Hall–Kier alpha value is -2.27. The Labute approximate surface area is 111 Å². The van der Waals surface area contributed by atoms with Crippen molar-refractivity contribution < 1.29 is 9.47 Å². The van der Waals surface area contributed by atoms with E-state index in [0.29, 0.717) is 19.9 Å². The van der Waals surface area contributed by atoms with Crippen LogP contribution in [0.15, 0.2) is 36.5 Å². The second-order valence-corrected chi connectivity index (χ2v) is 4.26. The summed E-state index contributed by atoms with van der Waals surface area (Å²) in [6.45, 7) is 1.43. The summed E-state index contributed by atoms with van der Waals surface area (Å²) in [5.74, 6) is 2.41. The molecule has 0 atom stereocenters. The SMILES string of the molecule is NCc1cccnc1NCc1ccc2c(c1)OCO2. The Balaban J connectivity index is 1.72. The van der Waals surface area contributed by atoms with Gasteiger partial charge in [-0.05, 0) is 23.8 Å². The zero-order valence-electron chi connectivity index (χ0n) is 10.4. The van der Waals surface area contributed by atoms with Gasteiger partial charge in [-0.3, -0.25) is 0 Å². The van der Waals surface area contributed by atoms with Gasteiger partial charge >= 0.3 is 0 Å². The van der Waals surface area contributed by atoms with Crippen molar-refractivity contribution in [1.82, 2.24) is 4.98 Å². The van der Waals surface area contributed by atoms with Crippen LogP contribution in [0.4, 0.5) is 5.82 Å². The van der Waals surface area contributed by atoms with Gasteiger partial charge in [-0.25, -0.2) is 4.98 Å². The average molecular weight is 257 g/mol. The Morgan fingerprint density at radius 3 is 3.00 bits per heavy atom. The molecule has 1 aliphatic rings. The molecule has 5 nitrogen and oxygen atoms in total. The third-order valence-electron chi connectivity index (χ3n) is 3.01. The molecule has 0 saturated carbocycles. The third kappa shape index (κ3) is 2.46. The van der Waals surface area contributed by atoms with E-state index in [0.717, 1.165) is 28.4 Å². The first-order chi connectivity index (χ1) is 9.36. The molecule has 0 aliphatic carbocycles. The van der Waals surface area contributed by atoms with E-state index in [4.69, 9.17) is 15.2 Å². The lowest BCUT2D eigenvalue weighted by Gasteiger charge is -2.09. The highest BCUT2D eigenvalue weighted by Crippen LogP contribution is 2.32. The fourth-order valence-electron chi connectivity index (χ4n) is 2.00. The van der Waals surface area contributed by atoms with E-state index in [9.17, 15) is 0 Å². The molecular weight excluding hydrogens is 242 g/mol. The smallest absolute Gasteiger partial charge is 0.231 e. The van der Waals surface area contributed by atoms with Crippen LogP contribution in [0.2, 0.25) is 0 Å². The van der Waals surface area contributed by atoms with Crippen LogP contribution >= 0.6 is 0 Å². The minimum Gasteiger partial charge on any atom is -0.454 e. The van der Waals surface area contributed by atoms with Crippen molar-refractivity contribution in [1.29, 1.82) is 0 Å². The van der Waals surface area contributed by atoms with Crippen molar-refractivity contribution in [2.75, 3.05) is 12.1 Å². The van der Waals surface area contributed by atoms with Crippen LogP contribution in [0.5, 0.6) is 11.5 Å². The lowest BCUT2D eigenvalue weighted by atomic mass is 10.2. The van der Waals surface area contributed by atoms with Crippen LogP contribution in [0.1, 0.15) is 11.1 Å². The number of rotatable bonds is 4. The van der Waals surface area contributed by atoms with Crippen molar-refractivity contribution in [2.45, 2.75) is 13.1 Å². The molecule has 0 bridgehead atoms. The Bertz CT molecular complexity index is 587. The largest absolute Gasteiger partial charge is 0.454 e. The van der Waals surface area contributed by atoms with Crippen LogP contribution in [-0.2, 0) is 13.1 Å². The lowest BCUT2D eigenvalue weighted by Crippen LogP contribution is -2.07. The van der Waals surface area contributed by atoms with E-state index < -0.39 is 0 Å². The molecule has 3 rings (SSSR count). The van der Waals surface area contributed by atoms with Gasteiger partial charge < -0.3 is 20.5 Å². The summed E-state index contributed by atoms with van der Waals surface area (Å²) >= 11 is 0. The van der Waals surface area contributed by atoms with Gasteiger partial charge in [-0.1, -0.05) is 12.1 Å². The fraction of sp³-hybridized carbons (Fsp3) is 0.214. The second-order valence-electron chi connectivity index (χ2n) is 4.26. The summed E-state index contributed by atoms with van der Waals surface area (Å²) in [6.07, 6.45) is 1.75. The first kappa shape index (κ1) is 11.8. The number of benzene rings is 1. The molecule has 5 heteroatoms. The molecule has 2 heterocycles. The van der Waals surface area contributed by atoms with Gasteiger partial charge in [0.2, 0.25) is 6.79 Å². The van der Waals surface area contributed by atoms with E-state index in [1.807, 2.05) is 30.3 Å². The second kappa shape index (κ2) is 5.16. The van der Waals surface area contributed by atoms with E-state index in [1.54, 1.807) is 6.20 Å². The van der Waals surface area contributed by atoms with E-state index in [1.165, 1.54) is 0 Å². The van der Waals surface area contributed by atoms with Crippen LogP contribution < -0.4 is 20.5 Å². The molecule has 0 spiro atoms. The van der Waals surface area contributed by atoms with Gasteiger partial charge in [0.15, 0.2) is 11.5 Å². The fourth-order valence-corrected chi connectivity index (χ4v) is 2.00. The zero-order valence-corrected chi connectivity index (χ0v) is 10.4. The zero-order chi connectivity index (χ0) is 13.1. The van der Waals surface area contributed by atoms with Crippen LogP contribution in [0, 0.1) is 0 Å². The van der Waals surface area contributed by atoms with Crippen molar-refractivity contribution in [3.63, 3.8) is 0 Å². The molecule has 3 N–H and O–H groups in total. The number of anilines is 1. The van der Waals surface area contributed by atoms with Gasteiger partial charge in [0.25, 0.3) is 0 Å². The summed E-state index contributed by atoms with van der Waals surface area (Å²) in [7, 11) is 0. The Morgan fingerprint density at radius 1 is 1.21 bits per heavy atom. The van der Waals surface area contributed by atoms with Crippen molar-refractivity contribution in [3.8, 4) is 11.5 Å². The van der Waals surface area contributed by atoms with Crippen LogP contribution in [0.25, 0.3) is 0 Å². The quantitative estimate of drug-likeness (QED) is 0.875. The summed E-state index contributed by atoms with van der Waals surface area (Å²) in [5.41, 5.74) is 7.79. The molecule has 2 aromatic rings. The maximum Gasteiger partial charge on any atom is 0.231 e. The summed E-state index contributed by atoms with van der Waals surface area (Å²) in [5, 5.41) is 3.28. The summed E-state index contributed by atoms with van der Waals surface area (Å²) in [4.78, 5) is 4.29. The molecule has 1 aliphatic heterocycles. The molecule has 0 amide bonds.